The van der Waals surface area contributed by atoms with Crippen LogP contribution in [0.5, 0.6) is 0 Å². The van der Waals surface area contributed by atoms with Gasteiger partial charge in [-0.25, -0.2) is 132 Å². The molecule has 0 unspecified atom stereocenters. The predicted molar refractivity (Wildman–Crippen MR) is 320 cm³/mol. The average Bonchev–Trinajstić information content (AvgIpc) is 1.43. The number of hydrogen-bond acceptors (Lipinski definition) is 0. The molecule has 0 spiro atoms. The van der Waals surface area contributed by atoms with E-state index in [0.717, 1.165) is 62.4 Å². The lowest BCUT2D eigenvalue weighted by atomic mass is 9.15. The molecule has 528 valence electrons. The second-order valence-corrected chi connectivity index (χ2v) is 30.5. The van der Waals surface area contributed by atoms with Crippen molar-refractivity contribution in [1.82, 2.24) is 0 Å². The van der Waals surface area contributed by atoms with Crippen LogP contribution in [-0.4, -0.2) is 12.3 Å². The second kappa shape index (κ2) is 25.8. The van der Waals surface area contributed by atoms with E-state index in [0.29, 0.717) is 48.5 Å². The molecule has 0 bridgehead atoms. The van der Waals surface area contributed by atoms with Gasteiger partial charge in [-0.3, -0.25) is 0 Å². The zero-order chi connectivity index (χ0) is 75.3. The lowest BCUT2D eigenvalue weighted by Crippen LogP contribution is -2.75. The van der Waals surface area contributed by atoms with Crippen LogP contribution in [-0.2, 0) is 0 Å². The Kier molecular flexibility index (Phi) is 18.7. The van der Waals surface area contributed by atoms with Crippen LogP contribution in [0.2, 0.25) is 0 Å². The molecule has 34 heteroatoms. The van der Waals surface area contributed by atoms with Crippen LogP contribution in [0.15, 0.2) is 119 Å². The second-order valence-electron chi connectivity index (χ2n) is 23.5. The molecule has 0 nitrogen and oxygen atoms in total. The van der Waals surface area contributed by atoms with E-state index in [1.165, 1.54) is 13.8 Å². The molecule has 0 saturated carbocycles. The average molecular weight is 1500 g/mol. The molecule has 1 aliphatic rings. The summed E-state index contributed by atoms with van der Waals surface area (Å²) in [5, 5.41) is -8.88. The molecule has 0 aliphatic carbocycles. The Morgan fingerprint density at radius 2 is 0.382 bits per heavy atom. The molecule has 10 aromatic carbocycles. The molecule has 0 N–H and O–H groups in total. The van der Waals surface area contributed by atoms with Gasteiger partial charge in [0.2, 0.25) is 0 Å². The van der Waals surface area contributed by atoms with Crippen molar-refractivity contribution in [3.63, 3.8) is 0 Å². The van der Waals surface area contributed by atoms with E-state index in [1.54, 1.807) is 0 Å². The highest BCUT2D eigenvalue weighted by Crippen LogP contribution is 2.92. The third-order valence-corrected chi connectivity index (χ3v) is 28.2. The van der Waals surface area contributed by atoms with Crippen LogP contribution in [0.25, 0.3) is 0 Å². The number of halogens is 30. The van der Waals surface area contributed by atoms with Crippen molar-refractivity contribution >= 4 is 80.8 Å². The molecule has 0 radical (unpaired) electrons. The van der Waals surface area contributed by atoms with Crippen LogP contribution in [0.3, 0.4) is 0 Å². The Bertz CT molecular complexity index is 4730. The topological polar surface area (TPSA) is 0 Å². The predicted octanol–water partition coefficient (Wildman–Crippen LogP) is 15.8. The molecule has 102 heavy (non-hydrogen) atoms. The Labute approximate surface area is 554 Å². The van der Waals surface area contributed by atoms with Gasteiger partial charge in [-0.05, 0) is 81.4 Å². The number of rotatable bonds is 12. The summed E-state index contributed by atoms with van der Waals surface area (Å²) in [6, 6.07) is 11.6. The zero-order valence-corrected chi connectivity index (χ0v) is 52.6. The normalized spacial score (nSPS) is 14.2. The fraction of sp³-hybridized carbons (Fsp3) is 0.0588. The summed E-state index contributed by atoms with van der Waals surface area (Å²) in [6.07, 6.45) is -14.9. The van der Waals surface area contributed by atoms with Crippen LogP contribution in [0.1, 0.15) is 22.3 Å². The van der Waals surface area contributed by atoms with Crippen molar-refractivity contribution in [2.45, 2.75) is 27.7 Å². The molecular weight excluding hydrogens is 1470 g/mol. The van der Waals surface area contributed by atoms with Gasteiger partial charge in [0.25, 0.3) is 0 Å². The van der Waals surface area contributed by atoms with Gasteiger partial charge in [0.15, 0.2) is 123 Å². The monoisotopic (exact) mass is 1500 g/mol. The first kappa shape index (κ1) is 73.8. The molecule has 0 fully saturated rings. The third kappa shape index (κ3) is 10.1. The summed E-state index contributed by atoms with van der Waals surface area (Å²) in [4.78, 5) is 0. The van der Waals surface area contributed by atoms with Gasteiger partial charge in [-0.1, -0.05) is 70.8 Å². The summed E-state index contributed by atoms with van der Waals surface area (Å²) in [6.45, 7) is 4.60. The number of hydrogen-bond donors (Lipinski definition) is 0. The van der Waals surface area contributed by atoms with Crippen LogP contribution in [0, 0.1) is 202 Å². The van der Waals surface area contributed by atoms with Crippen molar-refractivity contribution in [3.05, 3.63) is 316 Å². The minimum absolute atomic E-state index is 0.0216. The van der Waals surface area contributed by atoms with E-state index in [-0.39, 0.29) is 28.1 Å². The lowest BCUT2D eigenvalue weighted by Gasteiger charge is -2.47. The summed E-state index contributed by atoms with van der Waals surface area (Å²) in [5.41, 5.74) is -21.3. The van der Waals surface area contributed by atoms with Gasteiger partial charge >= 0.3 is 0 Å². The fourth-order valence-electron chi connectivity index (χ4n) is 13.6. The van der Waals surface area contributed by atoms with Gasteiger partial charge in [-0.15, -0.1) is 32.8 Å². The van der Waals surface area contributed by atoms with E-state index in [1.807, 2.05) is 0 Å². The lowest BCUT2D eigenvalue weighted by molar-refractivity contribution is 0.379. The van der Waals surface area contributed by atoms with Crippen molar-refractivity contribution in [1.29, 1.82) is 0 Å². The Balaban J connectivity index is 1.72. The maximum absolute atomic E-state index is 18.4. The van der Waals surface area contributed by atoms with Crippen molar-refractivity contribution in [2.24, 2.45) is 0 Å². The number of aryl methyl sites for hydroxylation is 4. The van der Waals surface area contributed by atoms with Gasteiger partial charge < -0.3 is 0 Å². The van der Waals surface area contributed by atoms with Crippen LogP contribution < -0.4 is 54.0 Å². The SMILES string of the molecule is Cc1ccc([P+]2(c3ccc(C)cc3)C=C([B-](c3c(F)c(F)c(F)c(F)c3F)(c3c(F)c(F)c(F)c(F)c3F)c3c(F)c(F)c(F)c(F)c3F)[P+](c3ccc(C)cc3)(c3ccc(C)cc3)/C2=C/[B-](c2c(F)c(F)c(F)c(F)c2F)(c2c(F)c(F)c(F)c(F)c2F)c2c(F)c(F)c(F)c(F)c2F)cc1. The van der Waals surface area contributed by atoms with E-state index >= 15 is 132 Å². The molecule has 1 heterocycles. The first-order chi connectivity index (χ1) is 47.7. The Morgan fingerprint density at radius 1 is 0.216 bits per heavy atom. The zero-order valence-electron chi connectivity index (χ0n) is 50.8. The first-order valence-corrected chi connectivity index (χ1v) is 32.4. The van der Waals surface area contributed by atoms with E-state index < -0.39 is 272 Å². The quantitative estimate of drug-likeness (QED) is 0.0376. The van der Waals surface area contributed by atoms with Gasteiger partial charge in [-0.2, -0.15) is 5.98 Å². The van der Waals surface area contributed by atoms with Crippen LogP contribution in [0.4, 0.5) is 132 Å². The molecule has 0 aromatic heterocycles. The summed E-state index contributed by atoms with van der Waals surface area (Å²) < 4.78 is 517. The molecule has 10 aromatic rings. The molecule has 0 atom stereocenters. The molecular formula is C68H30B2F30P2. The van der Waals surface area contributed by atoms with Gasteiger partial charge in [0.05, 0.1) is 5.82 Å². The highest BCUT2D eigenvalue weighted by atomic mass is 31.2. The summed E-state index contributed by atoms with van der Waals surface area (Å²) in [5.74, 6) is -110. The van der Waals surface area contributed by atoms with Crippen LogP contribution >= 0.6 is 14.5 Å². The Morgan fingerprint density at radius 3 is 0.578 bits per heavy atom. The summed E-state index contributed by atoms with van der Waals surface area (Å²) in [7, 11) is -13.3. The van der Waals surface area contributed by atoms with E-state index in [2.05, 4.69) is 0 Å². The maximum atomic E-state index is 18.4. The molecule has 11 rings (SSSR count). The van der Waals surface area contributed by atoms with Crippen molar-refractivity contribution in [3.8, 4) is 0 Å². The van der Waals surface area contributed by atoms with E-state index in [9.17, 15) is 0 Å². The van der Waals surface area contributed by atoms with Crippen molar-refractivity contribution in [2.75, 3.05) is 0 Å². The van der Waals surface area contributed by atoms with E-state index in [4.69, 9.17) is 0 Å². The highest BCUT2D eigenvalue weighted by molar-refractivity contribution is 8.17. The third-order valence-electron chi connectivity index (χ3n) is 18.1. The highest BCUT2D eigenvalue weighted by Gasteiger charge is 2.74. The molecule has 0 amide bonds. The summed E-state index contributed by atoms with van der Waals surface area (Å²) >= 11 is 0. The Hall–Kier alpha value is -9.43. The molecule has 1 aliphatic heterocycles. The smallest absolute Gasteiger partial charge is 0.200 e. The largest absolute Gasteiger partial charge is 0.207 e. The van der Waals surface area contributed by atoms with Crippen molar-refractivity contribution < 1.29 is 132 Å². The molecule has 0 saturated heterocycles. The van der Waals surface area contributed by atoms with Gasteiger partial charge in [0, 0.05) is 0 Å². The standard InChI is InChI=1S/C68H30B2F30P2/c1-23-5-13-27(14-6-23)101(28-15-7-24(2)8-16-28)22-31(70(36-45(77)57(89)66(98)58(90)46(36)78,37-47(79)59(91)67(99)60(92)48(37)80)38-49(81)61(93)68(100)62(94)50(38)82)102(29-17-9-25(3)10-18-29,30-19-11-26(4)12-20-30)32(101)21-69(33-39(71)51(83)63(95)52(84)40(33)72,34-41(73)53(85)64(96)54(86)42(34)74)35-43(75)55(87)65(97)56(88)44(35)76/h5-22H,1-4H3/b32-21+. The minimum Gasteiger partial charge on any atom is -0.207 e. The number of benzene rings is 10. The minimum atomic E-state index is -7.48. The first-order valence-electron chi connectivity index (χ1n) is 28.7. The fourth-order valence-corrected chi connectivity index (χ4v) is 26.5. The maximum Gasteiger partial charge on any atom is 0.200 e. The van der Waals surface area contributed by atoms with Gasteiger partial charge in [0.1, 0.15) is 104 Å².